The molecule has 0 aliphatic carbocycles. The molecular formula is C29H36N4O6S. The summed E-state index contributed by atoms with van der Waals surface area (Å²) in [6.07, 6.45) is 3.10. The number of aromatic nitrogens is 1. The Morgan fingerprint density at radius 3 is 2.52 bits per heavy atom. The predicted molar refractivity (Wildman–Crippen MR) is 152 cm³/mol. The minimum absolute atomic E-state index is 0.0422. The van der Waals surface area contributed by atoms with Crippen LogP contribution in [-0.4, -0.2) is 80.2 Å². The third kappa shape index (κ3) is 6.72. The van der Waals surface area contributed by atoms with Crippen molar-refractivity contribution in [2.75, 3.05) is 38.6 Å². The minimum Gasteiger partial charge on any atom is -0.497 e. The Hall–Kier alpha value is -3.67. The topological polar surface area (TPSA) is 121 Å². The van der Waals surface area contributed by atoms with Crippen LogP contribution in [0.1, 0.15) is 29.8 Å². The first-order valence-corrected chi connectivity index (χ1v) is 14.6. The maximum Gasteiger partial charge on any atom is 0.262 e. The molecule has 11 heteroatoms. The number of ether oxygens (including phenoxy) is 2. The number of fused-ring (bicyclic) bond motifs is 1. The van der Waals surface area contributed by atoms with Gasteiger partial charge in [-0.3, -0.25) is 19.4 Å². The summed E-state index contributed by atoms with van der Waals surface area (Å²) >= 11 is 0. The standard InChI is InChI=1S/C29H36N4O6S/c1-20-16-33(21(2)19-34)29(35)25-6-5-7-26(31-40(36,37)24-10-8-23(38-4)9-11-24)28(25)39-27(20)18-32(3)17-22-12-14-30-15-13-22/h5-15,20-21,27,31,34H,16-19H2,1-4H3/t20-,21+,27-/m1/s1. The van der Waals surface area contributed by atoms with Crippen LogP contribution < -0.4 is 14.2 Å². The minimum atomic E-state index is -4.01. The molecule has 0 spiro atoms. The van der Waals surface area contributed by atoms with Crippen LogP contribution in [0.15, 0.2) is 71.9 Å². The van der Waals surface area contributed by atoms with Crippen molar-refractivity contribution in [3.8, 4) is 11.5 Å². The molecule has 1 aromatic heterocycles. The molecule has 0 radical (unpaired) electrons. The van der Waals surface area contributed by atoms with E-state index in [4.69, 9.17) is 9.47 Å². The number of benzene rings is 2. The van der Waals surface area contributed by atoms with Gasteiger partial charge in [-0.25, -0.2) is 8.42 Å². The number of methoxy groups -OCH3 is 1. The fraction of sp³-hybridized carbons (Fsp3) is 0.379. The van der Waals surface area contributed by atoms with Crippen LogP contribution >= 0.6 is 0 Å². The number of amides is 1. The normalized spacial score (nSPS) is 18.4. The van der Waals surface area contributed by atoms with Crippen LogP contribution in [0.3, 0.4) is 0 Å². The second kappa shape index (κ2) is 12.7. The largest absolute Gasteiger partial charge is 0.497 e. The summed E-state index contributed by atoms with van der Waals surface area (Å²) in [4.78, 5) is 21.6. The summed E-state index contributed by atoms with van der Waals surface area (Å²) in [6.45, 7) is 5.11. The van der Waals surface area contributed by atoms with Crippen molar-refractivity contribution in [3.63, 3.8) is 0 Å². The van der Waals surface area contributed by atoms with Gasteiger partial charge in [0, 0.05) is 37.9 Å². The van der Waals surface area contributed by atoms with Gasteiger partial charge < -0.3 is 19.5 Å². The summed E-state index contributed by atoms with van der Waals surface area (Å²) in [5.41, 5.74) is 1.48. The first-order valence-electron chi connectivity index (χ1n) is 13.1. The number of nitrogens with one attached hydrogen (secondary N) is 1. The molecule has 4 rings (SSSR count). The van der Waals surface area contributed by atoms with Gasteiger partial charge in [0.2, 0.25) is 0 Å². The highest BCUT2D eigenvalue weighted by atomic mass is 32.2. The van der Waals surface area contributed by atoms with Crippen LogP contribution in [0.25, 0.3) is 0 Å². The number of pyridine rings is 1. The summed E-state index contributed by atoms with van der Waals surface area (Å²) < 4.78 is 40.9. The maximum atomic E-state index is 13.7. The first-order chi connectivity index (χ1) is 19.1. The van der Waals surface area contributed by atoms with E-state index < -0.39 is 22.2 Å². The molecule has 214 valence electrons. The Kier molecular flexibility index (Phi) is 9.28. The zero-order chi connectivity index (χ0) is 28.9. The molecule has 0 unspecified atom stereocenters. The highest BCUT2D eigenvalue weighted by Crippen LogP contribution is 2.36. The van der Waals surface area contributed by atoms with E-state index in [1.54, 1.807) is 54.5 Å². The Morgan fingerprint density at radius 1 is 1.18 bits per heavy atom. The Bertz CT molecular complexity index is 1400. The quantitative estimate of drug-likeness (QED) is 0.382. The average Bonchev–Trinajstić information content (AvgIpc) is 2.95. The summed E-state index contributed by atoms with van der Waals surface area (Å²) in [5, 5.41) is 9.91. The smallest absolute Gasteiger partial charge is 0.262 e. The van der Waals surface area contributed by atoms with Crippen LogP contribution in [-0.2, 0) is 16.6 Å². The van der Waals surface area contributed by atoms with E-state index in [1.165, 1.54) is 19.2 Å². The fourth-order valence-corrected chi connectivity index (χ4v) is 5.73. The lowest BCUT2D eigenvalue weighted by Crippen LogP contribution is -2.49. The van der Waals surface area contributed by atoms with Crippen molar-refractivity contribution >= 4 is 21.6 Å². The van der Waals surface area contributed by atoms with Crippen molar-refractivity contribution in [2.45, 2.75) is 37.4 Å². The van der Waals surface area contributed by atoms with Gasteiger partial charge in [0.05, 0.1) is 35.9 Å². The molecule has 3 atom stereocenters. The van der Waals surface area contributed by atoms with Crippen LogP contribution in [0.2, 0.25) is 0 Å². The van der Waals surface area contributed by atoms with E-state index in [2.05, 4.69) is 14.6 Å². The fourth-order valence-electron chi connectivity index (χ4n) is 4.67. The highest BCUT2D eigenvalue weighted by molar-refractivity contribution is 7.92. The number of carbonyl (C=O) groups is 1. The van der Waals surface area contributed by atoms with Gasteiger partial charge in [0.25, 0.3) is 15.9 Å². The van der Waals surface area contributed by atoms with E-state index in [-0.39, 0.29) is 40.3 Å². The van der Waals surface area contributed by atoms with Crippen LogP contribution in [0, 0.1) is 5.92 Å². The van der Waals surface area contributed by atoms with Gasteiger partial charge >= 0.3 is 0 Å². The lowest BCUT2D eigenvalue weighted by atomic mass is 9.99. The van der Waals surface area contributed by atoms with E-state index >= 15 is 0 Å². The molecule has 1 aliphatic rings. The highest BCUT2D eigenvalue weighted by Gasteiger charge is 2.35. The Labute approximate surface area is 235 Å². The number of carbonyl (C=O) groups excluding carboxylic acids is 1. The number of aliphatic hydroxyl groups excluding tert-OH is 1. The van der Waals surface area contributed by atoms with E-state index in [1.807, 2.05) is 26.1 Å². The second-order valence-corrected chi connectivity index (χ2v) is 11.8. The van der Waals surface area contributed by atoms with E-state index in [0.717, 1.165) is 5.56 Å². The zero-order valence-corrected chi connectivity index (χ0v) is 24.0. The number of sulfonamides is 1. The number of aliphatic hydroxyl groups is 1. The SMILES string of the molecule is COc1ccc(S(=O)(=O)Nc2cccc3c2O[C@H](CN(C)Cc2ccncc2)[C@H](C)CN([C@@H](C)CO)C3=O)cc1. The number of anilines is 1. The van der Waals surface area contributed by atoms with Gasteiger partial charge in [-0.1, -0.05) is 13.0 Å². The van der Waals surface area contributed by atoms with Gasteiger partial charge in [-0.2, -0.15) is 0 Å². The van der Waals surface area contributed by atoms with Gasteiger partial charge in [-0.05, 0) is 68.1 Å². The number of nitrogens with zero attached hydrogens (tertiary/aromatic N) is 3. The van der Waals surface area contributed by atoms with Crippen molar-refractivity contribution in [3.05, 3.63) is 78.1 Å². The number of hydrogen-bond acceptors (Lipinski definition) is 8. The van der Waals surface area contributed by atoms with Gasteiger partial charge in [-0.15, -0.1) is 0 Å². The molecule has 0 saturated heterocycles. The molecule has 0 fully saturated rings. The number of hydrogen-bond donors (Lipinski definition) is 2. The lowest BCUT2D eigenvalue weighted by Gasteiger charge is -2.38. The lowest BCUT2D eigenvalue weighted by molar-refractivity contribution is 0.0344. The van der Waals surface area contributed by atoms with E-state index in [9.17, 15) is 18.3 Å². The van der Waals surface area contributed by atoms with Crippen LogP contribution in [0.5, 0.6) is 11.5 Å². The molecule has 3 aromatic rings. The summed E-state index contributed by atoms with van der Waals surface area (Å²) in [6, 6.07) is 14.3. The third-order valence-electron chi connectivity index (χ3n) is 7.00. The molecule has 1 aliphatic heterocycles. The molecule has 0 saturated carbocycles. The van der Waals surface area contributed by atoms with Crippen LogP contribution in [0.4, 0.5) is 5.69 Å². The first kappa shape index (κ1) is 29.3. The summed E-state index contributed by atoms with van der Waals surface area (Å²) in [5.74, 6) is 0.229. The van der Waals surface area contributed by atoms with Gasteiger partial charge in [0.1, 0.15) is 11.9 Å². The third-order valence-corrected chi connectivity index (χ3v) is 8.38. The molecule has 2 N–H and O–H groups in total. The summed E-state index contributed by atoms with van der Waals surface area (Å²) in [7, 11) is -0.522. The molecular weight excluding hydrogens is 532 g/mol. The predicted octanol–water partition coefficient (Wildman–Crippen LogP) is 3.24. The average molecular weight is 569 g/mol. The second-order valence-electron chi connectivity index (χ2n) is 10.1. The molecule has 2 aromatic carbocycles. The molecule has 40 heavy (non-hydrogen) atoms. The van der Waals surface area contributed by atoms with Crippen molar-refractivity contribution in [1.29, 1.82) is 0 Å². The molecule has 10 nitrogen and oxygen atoms in total. The Balaban J connectivity index is 1.70. The zero-order valence-electron chi connectivity index (χ0n) is 23.1. The number of rotatable bonds is 10. The number of para-hydroxylation sites is 1. The monoisotopic (exact) mass is 568 g/mol. The molecule has 0 bridgehead atoms. The van der Waals surface area contributed by atoms with Gasteiger partial charge in [0.15, 0.2) is 5.75 Å². The van der Waals surface area contributed by atoms with Crippen molar-refractivity contribution < 1.29 is 27.8 Å². The molecule has 2 heterocycles. The Morgan fingerprint density at radius 2 is 1.88 bits per heavy atom. The van der Waals surface area contributed by atoms with E-state index in [0.29, 0.717) is 25.4 Å². The van der Waals surface area contributed by atoms with Crippen molar-refractivity contribution in [2.24, 2.45) is 5.92 Å². The molecule has 1 amide bonds. The number of likely N-dealkylation sites (N-methyl/N-ethyl adjacent to an activating group) is 1. The maximum absolute atomic E-state index is 13.7. The van der Waals surface area contributed by atoms with Crippen molar-refractivity contribution in [1.82, 2.24) is 14.8 Å².